The van der Waals surface area contributed by atoms with Gasteiger partial charge in [-0.3, -0.25) is 4.79 Å². The van der Waals surface area contributed by atoms with Gasteiger partial charge in [0, 0.05) is 18.8 Å². The zero-order valence-corrected chi connectivity index (χ0v) is 15.3. The monoisotopic (exact) mass is 379 g/mol. The molecule has 0 aliphatic carbocycles. The molecule has 1 aliphatic rings. The number of para-hydroxylation sites is 3. The van der Waals surface area contributed by atoms with Crippen LogP contribution in [-0.4, -0.2) is 35.0 Å². The van der Waals surface area contributed by atoms with Crippen LogP contribution in [-0.2, 0) is 16.1 Å². The molecule has 3 aromatic rings. The van der Waals surface area contributed by atoms with Crippen molar-refractivity contribution >= 4 is 28.8 Å². The lowest BCUT2D eigenvalue weighted by atomic mass is 9.98. The molecule has 7 heteroatoms. The lowest BCUT2D eigenvalue weighted by Crippen LogP contribution is -2.44. The van der Waals surface area contributed by atoms with Crippen LogP contribution in [0.2, 0.25) is 0 Å². The van der Waals surface area contributed by atoms with Gasteiger partial charge in [0.15, 0.2) is 12.2 Å². The number of esters is 1. The highest BCUT2D eigenvalue weighted by atomic mass is 16.5. The largest absolute Gasteiger partial charge is 0.455 e. The molecular formula is C21H21N3O4. The number of urea groups is 1. The predicted octanol–water partition coefficient (Wildman–Crippen LogP) is 3.82. The Labute approximate surface area is 162 Å². The number of piperidine rings is 1. The average molecular weight is 379 g/mol. The van der Waals surface area contributed by atoms with Crippen molar-refractivity contribution < 1.29 is 18.7 Å². The third-order valence-electron chi connectivity index (χ3n) is 4.74. The van der Waals surface area contributed by atoms with E-state index in [9.17, 15) is 9.59 Å². The molecule has 2 aromatic carbocycles. The van der Waals surface area contributed by atoms with Gasteiger partial charge in [-0.15, -0.1) is 0 Å². The first-order valence-electron chi connectivity index (χ1n) is 9.31. The summed E-state index contributed by atoms with van der Waals surface area (Å²) in [7, 11) is 0. The van der Waals surface area contributed by atoms with Gasteiger partial charge < -0.3 is 19.4 Å². The second-order valence-electron chi connectivity index (χ2n) is 6.76. The maximum atomic E-state index is 12.5. The molecular weight excluding hydrogens is 358 g/mol. The van der Waals surface area contributed by atoms with E-state index in [1.165, 1.54) is 0 Å². The molecule has 7 nitrogen and oxygen atoms in total. The summed E-state index contributed by atoms with van der Waals surface area (Å²) in [6.07, 6.45) is 1.45. The summed E-state index contributed by atoms with van der Waals surface area (Å²) in [5.41, 5.74) is 2.12. The fourth-order valence-electron chi connectivity index (χ4n) is 3.31. The standard InChI is InChI=1S/C21H21N3O4/c25-20(27-14-19-23-17-10-4-5-11-18(17)28-19)15-7-6-12-24(13-15)21(26)22-16-8-2-1-3-9-16/h1-5,8-11,15H,6-7,12-14H2,(H,22,26). The van der Waals surface area contributed by atoms with E-state index in [-0.39, 0.29) is 24.5 Å². The molecule has 144 valence electrons. The molecule has 2 amide bonds. The van der Waals surface area contributed by atoms with Crippen molar-refractivity contribution in [2.75, 3.05) is 18.4 Å². The van der Waals surface area contributed by atoms with Crippen molar-refractivity contribution in [3.63, 3.8) is 0 Å². The van der Waals surface area contributed by atoms with E-state index >= 15 is 0 Å². The van der Waals surface area contributed by atoms with Crippen molar-refractivity contribution in [2.24, 2.45) is 5.92 Å². The van der Waals surface area contributed by atoms with Crippen LogP contribution < -0.4 is 5.32 Å². The fourth-order valence-corrected chi connectivity index (χ4v) is 3.31. The second kappa shape index (κ2) is 8.12. The first-order valence-corrected chi connectivity index (χ1v) is 9.31. The zero-order valence-electron chi connectivity index (χ0n) is 15.3. The normalized spacial score (nSPS) is 16.7. The van der Waals surface area contributed by atoms with Crippen LogP contribution in [0.4, 0.5) is 10.5 Å². The number of carbonyl (C=O) groups is 2. The number of fused-ring (bicyclic) bond motifs is 1. The van der Waals surface area contributed by atoms with E-state index < -0.39 is 0 Å². The molecule has 0 radical (unpaired) electrons. The lowest BCUT2D eigenvalue weighted by Gasteiger charge is -2.31. The van der Waals surface area contributed by atoms with Gasteiger partial charge in [-0.05, 0) is 37.1 Å². The Balaban J connectivity index is 1.32. The minimum atomic E-state index is -0.348. The van der Waals surface area contributed by atoms with Gasteiger partial charge in [0.1, 0.15) is 5.52 Å². The van der Waals surface area contributed by atoms with Crippen molar-refractivity contribution in [3.8, 4) is 0 Å². The number of nitrogens with zero attached hydrogens (tertiary/aromatic N) is 2. The molecule has 1 aromatic heterocycles. The molecule has 0 spiro atoms. The summed E-state index contributed by atoms with van der Waals surface area (Å²) >= 11 is 0. The molecule has 0 saturated carbocycles. The summed E-state index contributed by atoms with van der Waals surface area (Å²) in [4.78, 5) is 30.9. The Morgan fingerprint density at radius 2 is 1.93 bits per heavy atom. The quantitative estimate of drug-likeness (QED) is 0.697. The summed E-state index contributed by atoms with van der Waals surface area (Å²) in [6, 6.07) is 16.4. The van der Waals surface area contributed by atoms with Gasteiger partial charge in [0.05, 0.1) is 5.92 Å². The van der Waals surface area contributed by atoms with E-state index in [0.717, 1.165) is 17.6 Å². The van der Waals surface area contributed by atoms with E-state index in [4.69, 9.17) is 9.15 Å². The smallest absolute Gasteiger partial charge is 0.321 e. The van der Waals surface area contributed by atoms with Crippen molar-refractivity contribution in [1.82, 2.24) is 9.88 Å². The van der Waals surface area contributed by atoms with Crippen molar-refractivity contribution in [1.29, 1.82) is 0 Å². The van der Waals surface area contributed by atoms with Gasteiger partial charge >= 0.3 is 12.0 Å². The van der Waals surface area contributed by atoms with Gasteiger partial charge in [0.2, 0.25) is 5.89 Å². The van der Waals surface area contributed by atoms with E-state index in [0.29, 0.717) is 31.0 Å². The number of ether oxygens (including phenoxy) is 1. The Morgan fingerprint density at radius 1 is 1.14 bits per heavy atom. The molecule has 1 fully saturated rings. The van der Waals surface area contributed by atoms with Crippen LogP contribution in [0.5, 0.6) is 0 Å². The number of aromatic nitrogens is 1. The highest BCUT2D eigenvalue weighted by molar-refractivity contribution is 5.89. The van der Waals surface area contributed by atoms with Crippen molar-refractivity contribution in [2.45, 2.75) is 19.4 Å². The number of hydrogen-bond donors (Lipinski definition) is 1. The Morgan fingerprint density at radius 3 is 2.75 bits per heavy atom. The number of carbonyl (C=O) groups excluding carboxylic acids is 2. The topological polar surface area (TPSA) is 84.7 Å². The number of anilines is 1. The number of nitrogens with one attached hydrogen (secondary N) is 1. The van der Waals surface area contributed by atoms with E-state index in [2.05, 4.69) is 10.3 Å². The third-order valence-corrected chi connectivity index (χ3v) is 4.74. The van der Waals surface area contributed by atoms with Crippen LogP contribution in [0.3, 0.4) is 0 Å². The van der Waals surface area contributed by atoms with Crippen molar-refractivity contribution in [3.05, 3.63) is 60.5 Å². The summed E-state index contributed by atoms with van der Waals surface area (Å²) in [5.74, 6) is -0.317. The number of hydrogen-bond acceptors (Lipinski definition) is 5. The second-order valence-corrected chi connectivity index (χ2v) is 6.76. The van der Waals surface area contributed by atoms with Crippen LogP contribution >= 0.6 is 0 Å². The number of benzene rings is 2. The van der Waals surface area contributed by atoms with Crippen LogP contribution in [0, 0.1) is 5.92 Å². The highest BCUT2D eigenvalue weighted by Gasteiger charge is 2.29. The predicted molar refractivity (Wildman–Crippen MR) is 104 cm³/mol. The number of oxazole rings is 1. The van der Waals surface area contributed by atoms with Gasteiger partial charge in [-0.2, -0.15) is 0 Å². The van der Waals surface area contributed by atoms with E-state index in [1.54, 1.807) is 4.90 Å². The van der Waals surface area contributed by atoms with Gasteiger partial charge in [-0.25, -0.2) is 9.78 Å². The Hall–Kier alpha value is -3.35. The maximum absolute atomic E-state index is 12.5. The zero-order chi connectivity index (χ0) is 19.3. The first-order chi connectivity index (χ1) is 13.7. The minimum Gasteiger partial charge on any atom is -0.455 e. The molecule has 2 heterocycles. The SMILES string of the molecule is O=C(OCc1nc2ccccc2o1)C1CCCN(C(=O)Nc2ccccc2)C1. The summed E-state index contributed by atoms with van der Waals surface area (Å²) < 4.78 is 11.0. The molecule has 28 heavy (non-hydrogen) atoms. The third kappa shape index (κ3) is 4.14. The first kappa shape index (κ1) is 18.0. The average Bonchev–Trinajstić information content (AvgIpc) is 3.16. The number of likely N-dealkylation sites (tertiary alicyclic amines) is 1. The molecule has 1 N–H and O–H groups in total. The fraction of sp³-hybridized carbons (Fsp3) is 0.286. The number of rotatable bonds is 4. The molecule has 1 saturated heterocycles. The molecule has 1 atom stereocenters. The number of amides is 2. The molecule has 1 aliphatic heterocycles. The van der Waals surface area contributed by atoms with E-state index in [1.807, 2.05) is 54.6 Å². The maximum Gasteiger partial charge on any atom is 0.321 e. The Bertz CT molecular complexity index is 937. The molecule has 4 rings (SSSR count). The Kier molecular flexibility index (Phi) is 5.23. The van der Waals surface area contributed by atoms with Crippen LogP contribution in [0.15, 0.2) is 59.0 Å². The molecule has 1 unspecified atom stereocenters. The summed E-state index contributed by atoms with van der Waals surface area (Å²) in [6.45, 7) is 0.943. The van der Waals surface area contributed by atoms with Gasteiger partial charge in [0.25, 0.3) is 0 Å². The lowest BCUT2D eigenvalue weighted by molar-refractivity contribution is -0.152. The molecule has 0 bridgehead atoms. The van der Waals surface area contributed by atoms with Crippen LogP contribution in [0.25, 0.3) is 11.1 Å². The van der Waals surface area contributed by atoms with Gasteiger partial charge in [-0.1, -0.05) is 30.3 Å². The summed E-state index contributed by atoms with van der Waals surface area (Å²) in [5, 5.41) is 2.85. The van der Waals surface area contributed by atoms with Crippen LogP contribution in [0.1, 0.15) is 18.7 Å². The minimum absolute atomic E-state index is 0.0137. The highest BCUT2D eigenvalue weighted by Crippen LogP contribution is 2.21.